The highest BCUT2D eigenvalue weighted by Crippen LogP contribution is 2.21. The molecule has 1 saturated heterocycles. The largest absolute Gasteiger partial charge is 0.368 e. The van der Waals surface area contributed by atoms with Gasteiger partial charge in [0.2, 0.25) is 5.91 Å². The molecule has 1 aromatic carbocycles. The molecule has 0 unspecified atom stereocenters. The normalized spacial score (nSPS) is 13.5. The second kappa shape index (κ2) is 10.5. The summed E-state index contributed by atoms with van der Waals surface area (Å²) in [6, 6.07) is 17.8. The maximum Gasteiger partial charge on any atom is 0.219 e. The average Bonchev–Trinajstić information content (AvgIpc) is 2.89. The Hall–Kier alpha value is -4.40. The molecular formula is C27H28N8O. The number of rotatable bonds is 6. The number of benzene rings is 1. The van der Waals surface area contributed by atoms with Crippen molar-refractivity contribution in [1.82, 2.24) is 29.8 Å². The van der Waals surface area contributed by atoms with Gasteiger partial charge in [-0.2, -0.15) is 0 Å². The maximum atomic E-state index is 11.6. The van der Waals surface area contributed by atoms with Crippen LogP contribution in [-0.2, 0) is 11.2 Å². The molecular weight excluding hydrogens is 452 g/mol. The third-order valence-electron chi connectivity index (χ3n) is 6.10. The number of nitrogens with zero attached hydrogens (tertiary/aromatic N) is 7. The summed E-state index contributed by atoms with van der Waals surface area (Å²) in [7, 11) is 0. The third-order valence-corrected chi connectivity index (χ3v) is 6.10. The molecule has 5 rings (SSSR count). The van der Waals surface area contributed by atoms with E-state index in [9.17, 15) is 4.79 Å². The number of hydrogen-bond donors (Lipinski definition) is 1. The fourth-order valence-electron chi connectivity index (χ4n) is 4.23. The monoisotopic (exact) mass is 480 g/mol. The van der Waals surface area contributed by atoms with Crippen molar-refractivity contribution < 1.29 is 4.79 Å². The number of carbonyl (C=O) groups is 1. The standard InChI is InChI=1S/C27H28N8O/c1-19-5-3-8-23(30-19)27-29-12-10-25(33-27)31-24-9-11-28-26(32-24)18-21-6-4-7-22(17-21)35-15-13-34(14-16-35)20(2)36/h3-12,17H,13-16,18H2,1-2H3,(H,28,29,31,32,33). The van der Waals surface area contributed by atoms with Crippen molar-refractivity contribution in [3.63, 3.8) is 0 Å². The first-order chi connectivity index (χ1) is 17.5. The predicted molar refractivity (Wildman–Crippen MR) is 139 cm³/mol. The molecule has 4 heterocycles. The molecule has 1 aliphatic rings. The van der Waals surface area contributed by atoms with Crippen LogP contribution in [0.15, 0.2) is 67.0 Å². The molecule has 0 bridgehead atoms. The Bertz CT molecular complexity index is 1370. The summed E-state index contributed by atoms with van der Waals surface area (Å²) in [5.74, 6) is 2.71. The topological polar surface area (TPSA) is 100 Å². The van der Waals surface area contributed by atoms with Crippen LogP contribution in [0, 0.1) is 6.92 Å². The lowest BCUT2D eigenvalue weighted by Crippen LogP contribution is -2.48. The number of amides is 1. The third kappa shape index (κ3) is 5.63. The Balaban J connectivity index is 1.27. The molecule has 0 spiro atoms. The van der Waals surface area contributed by atoms with Crippen molar-refractivity contribution in [1.29, 1.82) is 0 Å². The second-order valence-corrected chi connectivity index (χ2v) is 8.75. The van der Waals surface area contributed by atoms with Crippen LogP contribution < -0.4 is 10.2 Å². The van der Waals surface area contributed by atoms with Crippen LogP contribution >= 0.6 is 0 Å². The highest BCUT2D eigenvalue weighted by molar-refractivity contribution is 5.73. The lowest BCUT2D eigenvalue weighted by molar-refractivity contribution is -0.129. The van der Waals surface area contributed by atoms with Crippen molar-refractivity contribution in [3.05, 3.63) is 84.1 Å². The van der Waals surface area contributed by atoms with E-state index in [-0.39, 0.29) is 5.91 Å². The fourth-order valence-corrected chi connectivity index (χ4v) is 4.23. The summed E-state index contributed by atoms with van der Waals surface area (Å²) >= 11 is 0. The molecule has 1 amide bonds. The Morgan fingerprint density at radius 3 is 2.42 bits per heavy atom. The lowest BCUT2D eigenvalue weighted by atomic mass is 10.1. The number of nitrogens with one attached hydrogen (secondary N) is 1. The van der Waals surface area contributed by atoms with Gasteiger partial charge in [-0.25, -0.2) is 24.9 Å². The molecule has 36 heavy (non-hydrogen) atoms. The number of anilines is 3. The van der Waals surface area contributed by atoms with Gasteiger partial charge in [-0.05, 0) is 48.9 Å². The van der Waals surface area contributed by atoms with E-state index in [2.05, 4.69) is 54.4 Å². The number of carbonyl (C=O) groups excluding carboxylic acids is 1. The molecule has 1 N–H and O–H groups in total. The molecule has 1 fully saturated rings. The van der Waals surface area contributed by atoms with Gasteiger partial charge in [0.1, 0.15) is 23.2 Å². The Labute approximate surface area is 210 Å². The second-order valence-electron chi connectivity index (χ2n) is 8.75. The van der Waals surface area contributed by atoms with Gasteiger partial charge in [0.05, 0.1) is 0 Å². The van der Waals surface area contributed by atoms with Crippen LogP contribution in [0.25, 0.3) is 11.5 Å². The lowest BCUT2D eigenvalue weighted by Gasteiger charge is -2.35. The summed E-state index contributed by atoms with van der Waals surface area (Å²) in [6.45, 7) is 6.74. The molecule has 9 heteroatoms. The van der Waals surface area contributed by atoms with Crippen LogP contribution in [0.2, 0.25) is 0 Å². The predicted octanol–water partition coefficient (Wildman–Crippen LogP) is 3.64. The first-order valence-electron chi connectivity index (χ1n) is 12.0. The first kappa shape index (κ1) is 23.3. The van der Waals surface area contributed by atoms with Crippen LogP contribution in [0.5, 0.6) is 0 Å². The van der Waals surface area contributed by atoms with E-state index >= 15 is 0 Å². The summed E-state index contributed by atoms with van der Waals surface area (Å²) in [5, 5.41) is 3.26. The van der Waals surface area contributed by atoms with Crippen LogP contribution in [0.4, 0.5) is 17.3 Å². The van der Waals surface area contributed by atoms with Gasteiger partial charge in [0.15, 0.2) is 5.82 Å². The molecule has 4 aromatic rings. The molecule has 0 atom stereocenters. The highest BCUT2D eigenvalue weighted by Gasteiger charge is 2.19. The molecule has 182 valence electrons. The van der Waals surface area contributed by atoms with E-state index in [0.717, 1.165) is 48.8 Å². The minimum Gasteiger partial charge on any atom is -0.368 e. The Morgan fingerprint density at radius 2 is 1.64 bits per heavy atom. The van der Waals surface area contributed by atoms with Crippen LogP contribution in [-0.4, -0.2) is 61.9 Å². The molecule has 0 radical (unpaired) electrons. The maximum absolute atomic E-state index is 11.6. The van der Waals surface area contributed by atoms with Gasteiger partial charge >= 0.3 is 0 Å². The minimum absolute atomic E-state index is 0.138. The number of piperazine rings is 1. The van der Waals surface area contributed by atoms with E-state index in [1.54, 1.807) is 25.4 Å². The minimum atomic E-state index is 0.138. The van der Waals surface area contributed by atoms with Crippen molar-refractivity contribution >= 4 is 23.2 Å². The smallest absolute Gasteiger partial charge is 0.219 e. The summed E-state index contributed by atoms with van der Waals surface area (Å²) in [5.41, 5.74) is 3.93. The molecule has 9 nitrogen and oxygen atoms in total. The highest BCUT2D eigenvalue weighted by atomic mass is 16.2. The quantitative estimate of drug-likeness (QED) is 0.447. The molecule has 0 saturated carbocycles. The fraction of sp³-hybridized carbons (Fsp3) is 0.259. The first-order valence-corrected chi connectivity index (χ1v) is 12.0. The Morgan fingerprint density at radius 1 is 0.889 bits per heavy atom. The summed E-state index contributed by atoms with van der Waals surface area (Å²) in [4.78, 5) is 38.5. The van der Waals surface area contributed by atoms with E-state index in [4.69, 9.17) is 4.98 Å². The van der Waals surface area contributed by atoms with E-state index in [1.165, 1.54) is 0 Å². The van der Waals surface area contributed by atoms with Gasteiger partial charge in [0.25, 0.3) is 0 Å². The van der Waals surface area contributed by atoms with E-state index in [0.29, 0.717) is 29.7 Å². The zero-order valence-corrected chi connectivity index (χ0v) is 20.4. The number of aromatic nitrogens is 5. The van der Waals surface area contributed by atoms with Gasteiger partial charge in [0, 0.05) is 63.3 Å². The molecule has 0 aliphatic carbocycles. The van der Waals surface area contributed by atoms with Gasteiger partial charge in [-0.15, -0.1) is 0 Å². The van der Waals surface area contributed by atoms with Gasteiger partial charge in [-0.1, -0.05) is 18.2 Å². The van der Waals surface area contributed by atoms with E-state index in [1.807, 2.05) is 36.1 Å². The van der Waals surface area contributed by atoms with E-state index < -0.39 is 0 Å². The zero-order chi connectivity index (χ0) is 24.9. The number of aryl methyl sites for hydroxylation is 1. The van der Waals surface area contributed by atoms with Gasteiger partial charge < -0.3 is 15.1 Å². The van der Waals surface area contributed by atoms with Crippen molar-refractivity contribution in [2.24, 2.45) is 0 Å². The van der Waals surface area contributed by atoms with Gasteiger partial charge in [-0.3, -0.25) is 4.79 Å². The van der Waals surface area contributed by atoms with Crippen molar-refractivity contribution in [2.75, 3.05) is 36.4 Å². The average molecular weight is 481 g/mol. The van der Waals surface area contributed by atoms with Crippen LogP contribution in [0.1, 0.15) is 24.0 Å². The van der Waals surface area contributed by atoms with Crippen molar-refractivity contribution in [2.45, 2.75) is 20.3 Å². The SMILES string of the molecule is CC(=O)N1CCN(c2cccc(Cc3nccc(Nc4ccnc(-c5cccc(C)n5)n4)n3)c2)CC1. The summed E-state index contributed by atoms with van der Waals surface area (Å²) < 4.78 is 0. The number of pyridine rings is 1. The molecule has 1 aliphatic heterocycles. The Kier molecular flexibility index (Phi) is 6.79. The molecule has 3 aromatic heterocycles. The number of hydrogen-bond acceptors (Lipinski definition) is 8. The van der Waals surface area contributed by atoms with Crippen molar-refractivity contribution in [3.8, 4) is 11.5 Å². The summed E-state index contributed by atoms with van der Waals surface area (Å²) in [6.07, 6.45) is 4.07. The zero-order valence-electron chi connectivity index (χ0n) is 20.4. The van der Waals surface area contributed by atoms with Crippen LogP contribution in [0.3, 0.4) is 0 Å².